The molecule has 2 heterocycles. The molecule has 3 aromatic rings. The van der Waals surface area contributed by atoms with E-state index in [9.17, 15) is 4.79 Å². The van der Waals surface area contributed by atoms with E-state index >= 15 is 0 Å². The maximum atomic E-state index is 13.4. The summed E-state index contributed by atoms with van der Waals surface area (Å²) in [6.45, 7) is 8.11. The lowest BCUT2D eigenvalue weighted by atomic mass is 9.49. The molecule has 1 amide bonds. The van der Waals surface area contributed by atoms with Crippen molar-refractivity contribution in [3.8, 4) is 16.9 Å². The van der Waals surface area contributed by atoms with Crippen molar-refractivity contribution in [1.82, 2.24) is 20.0 Å². The van der Waals surface area contributed by atoms with Crippen LogP contribution in [0.15, 0.2) is 60.7 Å². The molecule has 4 saturated carbocycles. The zero-order valence-corrected chi connectivity index (χ0v) is 25.8. The molecular formula is C36H45N5O2. The van der Waals surface area contributed by atoms with E-state index < -0.39 is 0 Å². The minimum atomic E-state index is 0.00470. The molecule has 0 unspecified atom stereocenters. The molecule has 4 bridgehead atoms. The van der Waals surface area contributed by atoms with E-state index in [0.29, 0.717) is 17.7 Å². The SMILES string of the molecule is CCOc1cccc(-c2ccccc2CN2CCN(c3ccc(C(=O)N(C)CC45CC6CC(CC(C6)C4)C5)nn3)CC2)c1. The molecule has 4 aliphatic carbocycles. The number of ether oxygens (including phenoxy) is 1. The van der Waals surface area contributed by atoms with Crippen molar-refractivity contribution < 1.29 is 9.53 Å². The van der Waals surface area contributed by atoms with E-state index in [-0.39, 0.29) is 5.91 Å². The zero-order chi connectivity index (χ0) is 29.4. The van der Waals surface area contributed by atoms with E-state index in [2.05, 4.69) is 62.5 Å². The van der Waals surface area contributed by atoms with Crippen LogP contribution in [-0.2, 0) is 6.54 Å². The van der Waals surface area contributed by atoms with Crippen molar-refractivity contribution in [1.29, 1.82) is 0 Å². The highest BCUT2D eigenvalue weighted by molar-refractivity contribution is 5.92. The van der Waals surface area contributed by atoms with Gasteiger partial charge in [0.05, 0.1) is 6.61 Å². The predicted octanol–water partition coefficient (Wildman–Crippen LogP) is 6.15. The number of nitrogens with zero attached hydrogens (tertiary/aromatic N) is 5. The van der Waals surface area contributed by atoms with Gasteiger partial charge in [0.15, 0.2) is 11.5 Å². The number of hydrogen-bond acceptors (Lipinski definition) is 6. The predicted molar refractivity (Wildman–Crippen MR) is 170 cm³/mol. The molecule has 0 radical (unpaired) electrons. The summed E-state index contributed by atoms with van der Waals surface area (Å²) in [7, 11) is 1.96. The van der Waals surface area contributed by atoms with E-state index in [1.807, 2.05) is 37.1 Å². The summed E-state index contributed by atoms with van der Waals surface area (Å²) in [6, 6.07) is 20.9. The third-order valence-electron chi connectivity index (χ3n) is 10.5. The normalized spacial score (nSPS) is 26.5. The van der Waals surface area contributed by atoms with E-state index in [1.54, 1.807) is 0 Å². The van der Waals surface area contributed by atoms with Gasteiger partial charge < -0.3 is 14.5 Å². The number of amides is 1. The van der Waals surface area contributed by atoms with Crippen molar-refractivity contribution in [2.75, 3.05) is 51.3 Å². The van der Waals surface area contributed by atoms with Gasteiger partial charge >= 0.3 is 0 Å². The Morgan fingerprint density at radius 1 is 0.907 bits per heavy atom. The standard InChI is InChI=1S/C36H45N5O2/c1-3-43-31-9-6-8-29(20-31)32-10-5-4-7-30(32)24-40-13-15-41(16-14-40)34-12-11-33(37-38-34)35(42)39(2)25-36-21-26-17-27(22-36)19-28(18-26)23-36/h4-12,20,26-28H,3,13-19,21-25H2,1-2H3. The molecule has 226 valence electrons. The second-order valence-corrected chi connectivity index (χ2v) is 13.7. The maximum Gasteiger partial charge on any atom is 0.274 e. The molecule has 8 rings (SSSR count). The molecule has 43 heavy (non-hydrogen) atoms. The smallest absolute Gasteiger partial charge is 0.274 e. The van der Waals surface area contributed by atoms with Crippen LogP contribution in [0.2, 0.25) is 0 Å². The molecule has 0 spiro atoms. The first-order valence-corrected chi connectivity index (χ1v) is 16.3. The number of carbonyl (C=O) groups is 1. The van der Waals surface area contributed by atoms with Gasteiger partial charge in [-0.1, -0.05) is 36.4 Å². The first-order chi connectivity index (χ1) is 21.0. The molecule has 1 aromatic heterocycles. The topological polar surface area (TPSA) is 61.8 Å². The minimum absolute atomic E-state index is 0.00470. The molecule has 1 saturated heterocycles. The highest BCUT2D eigenvalue weighted by Crippen LogP contribution is 2.60. The summed E-state index contributed by atoms with van der Waals surface area (Å²) in [5.41, 5.74) is 4.56. The van der Waals surface area contributed by atoms with Crippen molar-refractivity contribution in [3.05, 3.63) is 71.9 Å². The largest absolute Gasteiger partial charge is 0.494 e. The van der Waals surface area contributed by atoms with Crippen molar-refractivity contribution in [3.63, 3.8) is 0 Å². The van der Waals surface area contributed by atoms with Gasteiger partial charge in [0, 0.05) is 46.3 Å². The van der Waals surface area contributed by atoms with Gasteiger partial charge in [-0.15, -0.1) is 10.2 Å². The number of hydrogen-bond donors (Lipinski definition) is 0. The first-order valence-electron chi connectivity index (χ1n) is 16.3. The van der Waals surface area contributed by atoms with Gasteiger partial charge in [0.1, 0.15) is 5.75 Å². The Balaban J connectivity index is 0.943. The summed E-state index contributed by atoms with van der Waals surface area (Å²) in [6.07, 6.45) is 8.19. The fourth-order valence-corrected chi connectivity index (χ4v) is 9.10. The third-order valence-corrected chi connectivity index (χ3v) is 10.5. The highest BCUT2D eigenvalue weighted by Gasteiger charge is 2.51. The monoisotopic (exact) mass is 579 g/mol. The number of piperazine rings is 1. The summed E-state index contributed by atoms with van der Waals surface area (Å²) in [5.74, 6) is 4.44. The van der Waals surface area contributed by atoms with Crippen molar-refractivity contribution in [2.45, 2.75) is 52.0 Å². The van der Waals surface area contributed by atoms with Gasteiger partial charge in [0.2, 0.25) is 0 Å². The molecule has 1 aliphatic heterocycles. The molecule has 0 N–H and O–H groups in total. The second kappa shape index (κ2) is 11.9. The lowest BCUT2D eigenvalue weighted by molar-refractivity contribution is -0.0629. The number of aromatic nitrogens is 2. The Labute approximate surface area is 256 Å². The first kappa shape index (κ1) is 28.3. The summed E-state index contributed by atoms with van der Waals surface area (Å²) in [4.78, 5) is 20.1. The van der Waals surface area contributed by atoms with Crippen LogP contribution in [0, 0.1) is 23.2 Å². The average Bonchev–Trinajstić information content (AvgIpc) is 3.01. The summed E-state index contributed by atoms with van der Waals surface area (Å²) >= 11 is 0. The fourth-order valence-electron chi connectivity index (χ4n) is 9.10. The minimum Gasteiger partial charge on any atom is -0.494 e. The van der Waals surface area contributed by atoms with Gasteiger partial charge in [-0.2, -0.15) is 0 Å². The third kappa shape index (κ3) is 6.01. The number of anilines is 1. The van der Waals surface area contributed by atoms with Gasteiger partial charge in [0.25, 0.3) is 5.91 Å². The van der Waals surface area contributed by atoms with Crippen LogP contribution in [0.1, 0.15) is 61.5 Å². The highest BCUT2D eigenvalue weighted by atomic mass is 16.5. The Hall–Kier alpha value is -3.45. The van der Waals surface area contributed by atoms with Gasteiger partial charge in [-0.3, -0.25) is 9.69 Å². The number of rotatable bonds is 9. The number of carbonyl (C=O) groups excluding carboxylic acids is 1. The van der Waals surface area contributed by atoms with E-state index in [4.69, 9.17) is 4.74 Å². The molecule has 5 aliphatic rings. The van der Waals surface area contributed by atoms with Crippen molar-refractivity contribution in [2.24, 2.45) is 23.2 Å². The van der Waals surface area contributed by atoms with E-state index in [1.165, 1.54) is 55.2 Å². The fraction of sp³-hybridized carbons (Fsp3) is 0.528. The van der Waals surface area contributed by atoms with Gasteiger partial charge in [-0.25, -0.2) is 0 Å². The van der Waals surface area contributed by atoms with Crippen LogP contribution in [0.25, 0.3) is 11.1 Å². The zero-order valence-electron chi connectivity index (χ0n) is 25.8. The summed E-state index contributed by atoms with van der Waals surface area (Å²) in [5, 5.41) is 8.93. The quantitative estimate of drug-likeness (QED) is 0.303. The van der Waals surface area contributed by atoms with Crippen LogP contribution in [0.4, 0.5) is 5.82 Å². The van der Waals surface area contributed by atoms with Crippen LogP contribution >= 0.6 is 0 Å². The molecular weight excluding hydrogens is 534 g/mol. The Morgan fingerprint density at radius 3 is 2.30 bits per heavy atom. The Kier molecular flexibility index (Phi) is 7.85. The maximum absolute atomic E-state index is 13.4. The molecule has 5 fully saturated rings. The van der Waals surface area contributed by atoms with Gasteiger partial charge in [-0.05, 0) is 110 Å². The molecule has 0 atom stereocenters. The van der Waals surface area contributed by atoms with Crippen LogP contribution in [0.5, 0.6) is 5.75 Å². The number of benzene rings is 2. The summed E-state index contributed by atoms with van der Waals surface area (Å²) < 4.78 is 5.75. The average molecular weight is 580 g/mol. The lowest BCUT2D eigenvalue weighted by Gasteiger charge is -2.57. The van der Waals surface area contributed by atoms with Crippen molar-refractivity contribution >= 4 is 11.7 Å². The van der Waals surface area contributed by atoms with Crippen LogP contribution in [-0.4, -0.2) is 72.3 Å². The van der Waals surface area contributed by atoms with Crippen LogP contribution in [0.3, 0.4) is 0 Å². The molecule has 2 aromatic carbocycles. The molecule has 7 nitrogen and oxygen atoms in total. The second-order valence-electron chi connectivity index (χ2n) is 13.7. The molecule has 7 heteroatoms. The Morgan fingerprint density at radius 2 is 1.63 bits per heavy atom. The van der Waals surface area contributed by atoms with Crippen LogP contribution < -0.4 is 9.64 Å². The lowest BCUT2D eigenvalue weighted by Crippen LogP contribution is -2.51. The Bertz CT molecular complexity index is 1400. The van der Waals surface area contributed by atoms with E-state index in [0.717, 1.165) is 68.6 Å².